The van der Waals surface area contributed by atoms with E-state index < -0.39 is 4.92 Å². The summed E-state index contributed by atoms with van der Waals surface area (Å²) in [4.78, 5) is 22.4. The zero-order chi connectivity index (χ0) is 16.9. The number of ketones is 1. The third-order valence-corrected chi connectivity index (χ3v) is 3.52. The predicted molar refractivity (Wildman–Crippen MR) is 86.7 cm³/mol. The lowest BCUT2D eigenvalue weighted by Gasteiger charge is -2.00. The molecule has 0 amide bonds. The summed E-state index contributed by atoms with van der Waals surface area (Å²) in [7, 11) is 0. The van der Waals surface area contributed by atoms with E-state index in [2.05, 4.69) is 10.3 Å². The Morgan fingerprint density at radius 1 is 1.04 bits per heavy atom. The van der Waals surface area contributed by atoms with Gasteiger partial charge in [-0.25, -0.2) is 4.68 Å². The van der Waals surface area contributed by atoms with Gasteiger partial charge in [-0.1, -0.05) is 47.7 Å². The molecule has 0 N–H and O–H groups in total. The van der Waals surface area contributed by atoms with Crippen molar-refractivity contribution >= 4 is 11.5 Å². The van der Waals surface area contributed by atoms with Crippen LogP contribution in [0.3, 0.4) is 0 Å². The van der Waals surface area contributed by atoms with Gasteiger partial charge in [-0.2, -0.15) is 0 Å². The van der Waals surface area contributed by atoms with E-state index in [0.717, 1.165) is 5.56 Å². The first kappa shape index (κ1) is 15.5. The first-order valence-electron chi connectivity index (χ1n) is 7.32. The molecular formula is C17H14N4O3. The Bertz CT molecular complexity index is 857. The van der Waals surface area contributed by atoms with Crippen molar-refractivity contribution in [2.75, 3.05) is 0 Å². The lowest BCUT2D eigenvalue weighted by molar-refractivity contribution is -0.384. The van der Waals surface area contributed by atoms with Gasteiger partial charge in [0.15, 0.2) is 5.78 Å². The number of Topliss-reactive ketones (excluding diaryl/α,β-unsaturated/α-hetero) is 1. The van der Waals surface area contributed by atoms with Crippen molar-refractivity contribution in [3.63, 3.8) is 0 Å². The quantitative estimate of drug-likeness (QED) is 0.395. The van der Waals surface area contributed by atoms with Gasteiger partial charge in [-0.15, -0.1) is 5.10 Å². The van der Waals surface area contributed by atoms with Crippen molar-refractivity contribution in [1.82, 2.24) is 15.0 Å². The molecule has 2 aromatic carbocycles. The van der Waals surface area contributed by atoms with Crippen molar-refractivity contribution in [2.24, 2.45) is 0 Å². The first-order valence-corrected chi connectivity index (χ1v) is 7.32. The van der Waals surface area contributed by atoms with E-state index in [4.69, 9.17) is 0 Å². The Labute approximate surface area is 137 Å². The van der Waals surface area contributed by atoms with Crippen LogP contribution in [0.2, 0.25) is 0 Å². The SMILES string of the molecule is O=C(Cc1ccc([N+](=O)[O-])cc1)c1cn(Cc2ccccc2)nn1. The van der Waals surface area contributed by atoms with E-state index >= 15 is 0 Å². The lowest BCUT2D eigenvalue weighted by atomic mass is 10.1. The van der Waals surface area contributed by atoms with Crippen LogP contribution in [0.15, 0.2) is 60.8 Å². The van der Waals surface area contributed by atoms with Gasteiger partial charge in [0.1, 0.15) is 5.69 Å². The van der Waals surface area contributed by atoms with Gasteiger partial charge in [0.2, 0.25) is 0 Å². The van der Waals surface area contributed by atoms with E-state index in [1.165, 1.54) is 12.1 Å². The molecule has 0 unspecified atom stereocenters. The number of nitro benzene ring substituents is 1. The Morgan fingerprint density at radius 2 is 1.75 bits per heavy atom. The smallest absolute Gasteiger partial charge is 0.269 e. The van der Waals surface area contributed by atoms with Crippen LogP contribution in [-0.2, 0) is 13.0 Å². The van der Waals surface area contributed by atoms with Crippen molar-refractivity contribution in [3.8, 4) is 0 Å². The highest BCUT2D eigenvalue weighted by atomic mass is 16.6. The fraction of sp³-hybridized carbons (Fsp3) is 0.118. The summed E-state index contributed by atoms with van der Waals surface area (Å²) < 4.78 is 1.61. The zero-order valence-electron chi connectivity index (χ0n) is 12.7. The molecule has 0 radical (unpaired) electrons. The number of nitro groups is 1. The third-order valence-electron chi connectivity index (χ3n) is 3.52. The Hall–Kier alpha value is -3.35. The summed E-state index contributed by atoms with van der Waals surface area (Å²) in [6.07, 6.45) is 1.74. The molecule has 0 aliphatic heterocycles. The predicted octanol–water partition coefficient (Wildman–Crippen LogP) is 2.66. The van der Waals surface area contributed by atoms with Crippen LogP contribution >= 0.6 is 0 Å². The summed E-state index contributed by atoms with van der Waals surface area (Å²) in [6, 6.07) is 15.7. The molecule has 0 atom stereocenters. The van der Waals surface area contributed by atoms with Gasteiger partial charge in [-0.05, 0) is 11.1 Å². The molecule has 0 saturated heterocycles. The molecule has 7 heteroatoms. The number of benzene rings is 2. The molecular weight excluding hydrogens is 308 g/mol. The van der Waals surface area contributed by atoms with Crippen LogP contribution in [0.1, 0.15) is 21.6 Å². The summed E-state index contributed by atoms with van der Waals surface area (Å²) in [5, 5.41) is 18.5. The van der Waals surface area contributed by atoms with E-state index in [1.54, 1.807) is 23.0 Å². The topological polar surface area (TPSA) is 90.9 Å². The summed E-state index contributed by atoms with van der Waals surface area (Å²) in [5.41, 5.74) is 2.05. The molecule has 0 fully saturated rings. The number of nitrogens with zero attached hydrogens (tertiary/aromatic N) is 4. The number of rotatable bonds is 6. The molecule has 0 aliphatic rings. The summed E-state index contributed by atoms with van der Waals surface area (Å²) in [6.45, 7) is 0.540. The van der Waals surface area contributed by atoms with Crippen LogP contribution in [0, 0.1) is 10.1 Å². The van der Waals surface area contributed by atoms with Gasteiger partial charge in [0, 0.05) is 18.6 Å². The molecule has 3 aromatic rings. The van der Waals surface area contributed by atoms with E-state index in [9.17, 15) is 14.9 Å². The minimum atomic E-state index is -0.471. The van der Waals surface area contributed by atoms with Crippen LogP contribution in [0.5, 0.6) is 0 Å². The maximum absolute atomic E-state index is 12.2. The summed E-state index contributed by atoms with van der Waals surface area (Å²) in [5.74, 6) is -0.178. The molecule has 24 heavy (non-hydrogen) atoms. The van der Waals surface area contributed by atoms with Crippen molar-refractivity contribution < 1.29 is 9.72 Å². The van der Waals surface area contributed by atoms with Gasteiger partial charge in [0.25, 0.3) is 5.69 Å². The number of hydrogen-bond acceptors (Lipinski definition) is 5. The largest absolute Gasteiger partial charge is 0.292 e. The normalized spacial score (nSPS) is 10.5. The van der Waals surface area contributed by atoms with E-state index in [-0.39, 0.29) is 23.6 Å². The number of carbonyl (C=O) groups excluding carboxylic acids is 1. The monoisotopic (exact) mass is 322 g/mol. The molecule has 0 spiro atoms. The van der Waals surface area contributed by atoms with Crippen LogP contribution in [0.25, 0.3) is 0 Å². The molecule has 7 nitrogen and oxygen atoms in total. The Balaban J connectivity index is 1.66. The fourth-order valence-electron chi connectivity index (χ4n) is 2.29. The third kappa shape index (κ3) is 3.70. The first-order chi connectivity index (χ1) is 11.6. The maximum Gasteiger partial charge on any atom is 0.269 e. The zero-order valence-corrected chi connectivity index (χ0v) is 12.7. The van der Waals surface area contributed by atoms with Gasteiger partial charge < -0.3 is 0 Å². The van der Waals surface area contributed by atoms with Crippen LogP contribution in [0.4, 0.5) is 5.69 Å². The van der Waals surface area contributed by atoms with E-state index in [1.807, 2.05) is 30.3 Å². The second kappa shape index (κ2) is 6.82. The molecule has 120 valence electrons. The highest BCUT2D eigenvalue weighted by Crippen LogP contribution is 2.13. The highest BCUT2D eigenvalue weighted by molar-refractivity contribution is 5.95. The highest BCUT2D eigenvalue weighted by Gasteiger charge is 2.13. The average molecular weight is 322 g/mol. The average Bonchev–Trinajstić information content (AvgIpc) is 3.05. The maximum atomic E-state index is 12.2. The molecule has 0 saturated carbocycles. The lowest BCUT2D eigenvalue weighted by Crippen LogP contribution is -2.04. The number of aromatic nitrogens is 3. The van der Waals surface area contributed by atoms with Crippen LogP contribution < -0.4 is 0 Å². The molecule has 3 rings (SSSR count). The number of carbonyl (C=O) groups is 1. The number of hydrogen-bond donors (Lipinski definition) is 0. The fourth-order valence-corrected chi connectivity index (χ4v) is 2.29. The molecule has 1 heterocycles. The minimum Gasteiger partial charge on any atom is -0.292 e. The second-order valence-electron chi connectivity index (χ2n) is 5.31. The number of non-ortho nitro benzene ring substituents is 1. The van der Waals surface area contributed by atoms with Gasteiger partial charge in [-0.3, -0.25) is 14.9 Å². The van der Waals surface area contributed by atoms with Gasteiger partial charge >= 0.3 is 0 Å². The summed E-state index contributed by atoms with van der Waals surface area (Å²) >= 11 is 0. The van der Waals surface area contributed by atoms with E-state index in [0.29, 0.717) is 12.1 Å². The van der Waals surface area contributed by atoms with Crippen LogP contribution in [-0.4, -0.2) is 25.7 Å². The van der Waals surface area contributed by atoms with Crippen molar-refractivity contribution in [2.45, 2.75) is 13.0 Å². The second-order valence-corrected chi connectivity index (χ2v) is 5.31. The molecule has 1 aromatic heterocycles. The molecule has 0 bridgehead atoms. The molecule has 0 aliphatic carbocycles. The van der Waals surface area contributed by atoms with Crippen molar-refractivity contribution in [1.29, 1.82) is 0 Å². The Kier molecular flexibility index (Phi) is 4.42. The Morgan fingerprint density at radius 3 is 2.42 bits per heavy atom. The van der Waals surface area contributed by atoms with Gasteiger partial charge in [0.05, 0.1) is 17.7 Å². The van der Waals surface area contributed by atoms with Crippen molar-refractivity contribution in [3.05, 3.63) is 87.7 Å². The minimum absolute atomic E-state index is 0.00000432. The standard InChI is InChI=1S/C17H14N4O3/c22-17(10-13-6-8-15(9-7-13)21(23)24)16-12-20(19-18-16)11-14-4-2-1-3-5-14/h1-9,12H,10-11H2.